The molecule has 0 saturated carbocycles. The maximum atomic E-state index is 13.8. The van der Waals surface area contributed by atoms with E-state index in [-0.39, 0.29) is 53.5 Å². The maximum Gasteiger partial charge on any atom is 0.407 e. The van der Waals surface area contributed by atoms with Crippen molar-refractivity contribution in [2.75, 3.05) is 31.1 Å². The molecule has 35 heavy (non-hydrogen) atoms. The molecule has 2 aliphatic heterocycles. The number of hydrogen-bond acceptors (Lipinski definition) is 4. The van der Waals surface area contributed by atoms with Gasteiger partial charge in [0.2, 0.25) is 11.8 Å². The molecule has 0 unspecified atom stereocenters. The second-order valence-electron chi connectivity index (χ2n) is 9.97. The number of amides is 4. The molecule has 0 bridgehead atoms. The van der Waals surface area contributed by atoms with Crippen LogP contribution in [0.5, 0.6) is 0 Å². The Labute approximate surface area is 211 Å². The van der Waals surface area contributed by atoms with Crippen LogP contribution in [-0.4, -0.2) is 77.0 Å². The number of rotatable bonds is 7. The molecule has 3 rings (SSSR count). The quantitative estimate of drug-likeness (QED) is 0.588. The number of carboxylic acid groups (broad SMARTS) is 1. The lowest BCUT2D eigenvalue weighted by Crippen LogP contribution is -2.53. The van der Waals surface area contributed by atoms with E-state index in [4.69, 9.17) is 11.6 Å². The Bertz CT molecular complexity index is 1030. The number of benzene rings is 1. The lowest BCUT2D eigenvalue weighted by molar-refractivity contribution is -0.123. The Morgan fingerprint density at radius 3 is 2.57 bits per heavy atom. The molecule has 2 heterocycles. The van der Waals surface area contributed by atoms with Crippen LogP contribution in [0.3, 0.4) is 0 Å². The van der Waals surface area contributed by atoms with Crippen LogP contribution in [0.25, 0.3) is 0 Å². The van der Waals surface area contributed by atoms with E-state index in [1.54, 1.807) is 28.9 Å². The Morgan fingerprint density at radius 1 is 1.29 bits per heavy atom. The molecule has 192 valence electrons. The molecule has 4 amide bonds. The first-order valence-corrected chi connectivity index (χ1v) is 12.5. The predicted octanol–water partition coefficient (Wildman–Crippen LogP) is 3.48. The van der Waals surface area contributed by atoms with Crippen molar-refractivity contribution in [3.8, 4) is 0 Å². The zero-order valence-electron chi connectivity index (χ0n) is 21.1. The van der Waals surface area contributed by atoms with E-state index in [1.807, 2.05) is 27.7 Å². The average molecular weight is 507 g/mol. The number of nitrogens with one attached hydrogen (secondary N) is 1. The highest BCUT2D eigenvalue weighted by molar-refractivity contribution is 6.34. The van der Waals surface area contributed by atoms with E-state index < -0.39 is 11.5 Å². The molecule has 1 fully saturated rings. The predicted molar refractivity (Wildman–Crippen MR) is 134 cm³/mol. The highest BCUT2D eigenvalue weighted by atomic mass is 35.5. The molecule has 9 nitrogen and oxygen atoms in total. The number of likely N-dealkylation sites (tertiary alicyclic amines) is 1. The second-order valence-corrected chi connectivity index (χ2v) is 10.4. The second kappa shape index (κ2) is 10.4. The zero-order chi connectivity index (χ0) is 26.1. The van der Waals surface area contributed by atoms with Crippen LogP contribution in [0, 0.1) is 0 Å². The molecule has 0 aromatic heterocycles. The van der Waals surface area contributed by atoms with Crippen LogP contribution in [0.2, 0.25) is 5.02 Å². The highest BCUT2D eigenvalue weighted by Crippen LogP contribution is 2.44. The number of nitrogens with zero attached hydrogens (tertiary/aromatic N) is 3. The van der Waals surface area contributed by atoms with Crippen molar-refractivity contribution >= 4 is 41.1 Å². The van der Waals surface area contributed by atoms with Crippen molar-refractivity contribution in [1.29, 1.82) is 0 Å². The topological polar surface area (TPSA) is 110 Å². The number of anilines is 1. The van der Waals surface area contributed by atoms with Crippen LogP contribution in [-0.2, 0) is 15.0 Å². The number of halogens is 1. The summed E-state index contributed by atoms with van der Waals surface area (Å²) >= 11 is 6.62. The summed E-state index contributed by atoms with van der Waals surface area (Å²) in [6.45, 7) is 10.5. The van der Waals surface area contributed by atoms with Gasteiger partial charge in [-0.1, -0.05) is 18.5 Å². The molecule has 1 saturated heterocycles. The molecule has 0 spiro atoms. The monoisotopic (exact) mass is 506 g/mol. The molecule has 2 N–H and O–H groups in total. The first-order chi connectivity index (χ1) is 16.4. The number of piperidine rings is 1. The molecule has 0 radical (unpaired) electrons. The summed E-state index contributed by atoms with van der Waals surface area (Å²) in [5, 5.41) is 12.5. The van der Waals surface area contributed by atoms with Crippen molar-refractivity contribution in [3.05, 3.63) is 28.3 Å². The SMILES string of the molecule is CCC(=O)NCCN1C(=O)C(C)(C)c2cc(Cl)c(C(=O)N(C(C)C)[C@@H]3CCCN(C(=O)O)C3)cc21. The minimum Gasteiger partial charge on any atom is -0.465 e. The molecular formula is C25H35ClN4O5. The fourth-order valence-corrected chi connectivity index (χ4v) is 5.23. The van der Waals surface area contributed by atoms with Crippen molar-refractivity contribution in [2.24, 2.45) is 0 Å². The first-order valence-electron chi connectivity index (χ1n) is 12.1. The van der Waals surface area contributed by atoms with Crippen molar-refractivity contribution in [2.45, 2.75) is 71.4 Å². The molecule has 1 aromatic carbocycles. The summed E-state index contributed by atoms with van der Waals surface area (Å²) in [6.07, 6.45) is 0.736. The van der Waals surface area contributed by atoms with Crippen LogP contribution in [0.15, 0.2) is 12.1 Å². The van der Waals surface area contributed by atoms with Crippen LogP contribution in [0.4, 0.5) is 10.5 Å². The number of hydrogen-bond donors (Lipinski definition) is 2. The van der Waals surface area contributed by atoms with E-state index in [0.29, 0.717) is 38.0 Å². The van der Waals surface area contributed by atoms with E-state index in [0.717, 1.165) is 5.56 Å². The normalized spacial score (nSPS) is 19.1. The first kappa shape index (κ1) is 26.8. The fourth-order valence-electron chi connectivity index (χ4n) is 4.98. The molecule has 0 aliphatic carbocycles. The van der Waals surface area contributed by atoms with E-state index >= 15 is 0 Å². The summed E-state index contributed by atoms with van der Waals surface area (Å²) in [7, 11) is 0. The van der Waals surface area contributed by atoms with Gasteiger partial charge >= 0.3 is 6.09 Å². The molecule has 10 heteroatoms. The third-order valence-electron chi connectivity index (χ3n) is 6.89. The Hall–Kier alpha value is -2.81. The number of carbonyl (C=O) groups excluding carboxylic acids is 3. The van der Waals surface area contributed by atoms with Gasteiger partial charge in [0, 0.05) is 44.3 Å². The summed E-state index contributed by atoms with van der Waals surface area (Å²) in [4.78, 5) is 54.9. The van der Waals surface area contributed by atoms with Crippen LogP contribution < -0.4 is 10.2 Å². The fraction of sp³-hybridized carbons (Fsp3) is 0.600. The largest absolute Gasteiger partial charge is 0.465 e. The molecule has 1 atom stereocenters. The standard InChI is InChI=1S/C25H35ClN4O5/c1-6-21(31)27-9-11-29-20-12-17(19(26)13-18(20)25(4,5)23(29)33)22(32)30(15(2)3)16-8-7-10-28(14-16)24(34)35/h12-13,15-16H,6-11,14H2,1-5H3,(H,27,31)(H,34,35)/t16-/m1/s1. The average Bonchev–Trinajstić information content (AvgIpc) is 2.98. The van der Waals surface area contributed by atoms with Gasteiger partial charge < -0.3 is 25.1 Å². The third-order valence-corrected chi connectivity index (χ3v) is 7.20. The van der Waals surface area contributed by atoms with Gasteiger partial charge in [-0.05, 0) is 58.2 Å². The minimum atomic E-state index is -0.993. The summed E-state index contributed by atoms with van der Waals surface area (Å²) in [5.74, 6) is -0.510. The smallest absolute Gasteiger partial charge is 0.407 e. The van der Waals surface area contributed by atoms with Gasteiger partial charge in [-0.25, -0.2) is 4.79 Å². The molecule has 1 aromatic rings. The summed E-state index contributed by atoms with van der Waals surface area (Å²) < 4.78 is 0. The minimum absolute atomic E-state index is 0.0986. The van der Waals surface area contributed by atoms with Crippen LogP contribution in [0.1, 0.15) is 69.8 Å². The Morgan fingerprint density at radius 2 is 1.97 bits per heavy atom. The van der Waals surface area contributed by atoms with Gasteiger partial charge in [-0.15, -0.1) is 0 Å². The third kappa shape index (κ3) is 5.24. The number of fused-ring (bicyclic) bond motifs is 1. The number of carbonyl (C=O) groups is 4. The van der Waals surface area contributed by atoms with Crippen molar-refractivity contribution < 1.29 is 24.3 Å². The lowest BCUT2D eigenvalue weighted by atomic mass is 9.85. The van der Waals surface area contributed by atoms with Crippen molar-refractivity contribution in [1.82, 2.24) is 15.1 Å². The van der Waals surface area contributed by atoms with Gasteiger partial charge in [-0.2, -0.15) is 0 Å². The summed E-state index contributed by atoms with van der Waals surface area (Å²) in [5.41, 5.74) is 0.799. The Balaban J connectivity index is 1.95. The van der Waals surface area contributed by atoms with Gasteiger partial charge in [0.05, 0.1) is 22.0 Å². The van der Waals surface area contributed by atoms with E-state index in [2.05, 4.69) is 5.32 Å². The van der Waals surface area contributed by atoms with Gasteiger partial charge in [0.1, 0.15) is 0 Å². The highest BCUT2D eigenvalue weighted by Gasteiger charge is 2.45. The lowest BCUT2D eigenvalue weighted by Gasteiger charge is -2.40. The molecule has 2 aliphatic rings. The van der Waals surface area contributed by atoms with Gasteiger partial charge in [0.25, 0.3) is 5.91 Å². The van der Waals surface area contributed by atoms with Gasteiger partial charge in [-0.3, -0.25) is 14.4 Å². The molecular weight excluding hydrogens is 472 g/mol. The van der Waals surface area contributed by atoms with Crippen LogP contribution >= 0.6 is 11.6 Å². The zero-order valence-corrected chi connectivity index (χ0v) is 21.8. The maximum absolute atomic E-state index is 13.8. The van der Waals surface area contributed by atoms with Crippen molar-refractivity contribution in [3.63, 3.8) is 0 Å². The summed E-state index contributed by atoms with van der Waals surface area (Å²) in [6, 6.07) is 2.91. The van der Waals surface area contributed by atoms with Gasteiger partial charge in [0.15, 0.2) is 0 Å². The van der Waals surface area contributed by atoms with E-state index in [1.165, 1.54) is 4.90 Å². The Kier molecular flexibility index (Phi) is 7.99. The van der Waals surface area contributed by atoms with E-state index in [9.17, 15) is 24.3 Å².